The predicted octanol–water partition coefficient (Wildman–Crippen LogP) is 3.59. The lowest BCUT2D eigenvalue weighted by molar-refractivity contribution is -0.115. The second-order valence-electron chi connectivity index (χ2n) is 5.93. The monoisotopic (exact) mass is 342 g/mol. The van der Waals surface area contributed by atoms with Crippen LogP contribution in [0.3, 0.4) is 0 Å². The fourth-order valence-corrected chi connectivity index (χ4v) is 3.00. The molecule has 2 N–H and O–H groups in total. The summed E-state index contributed by atoms with van der Waals surface area (Å²) < 4.78 is 0. The normalized spacial score (nSPS) is 13.0. The molecule has 0 bridgehead atoms. The molecule has 0 unspecified atom stereocenters. The fourth-order valence-electron chi connectivity index (χ4n) is 2.88. The summed E-state index contributed by atoms with van der Waals surface area (Å²) >= 11 is 5.80. The first kappa shape index (κ1) is 16.5. The van der Waals surface area contributed by atoms with Gasteiger partial charge < -0.3 is 10.6 Å². The second-order valence-corrected chi connectivity index (χ2v) is 6.36. The van der Waals surface area contributed by atoms with E-state index in [2.05, 4.69) is 10.6 Å². The number of carbonyl (C=O) groups excluding carboxylic acids is 2. The molecule has 124 valence electrons. The van der Waals surface area contributed by atoms with Gasteiger partial charge in [0.15, 0.2) is 0 Å². The summed E-state index contributed by atoms with van der Waals surface area (Å²) in [6.45, 7) is -0.0709. The molecule has 2 aromatic carbocycles. The number of amides is 2. The van der Waals surface area contributed by atoms with E-state index in [0.717, 1.165) is 12.8 Å². The smallest absolute Gasteiger partial charge is 0.251 e. The summed E-state index contributed by atoms with van der Waals surface area (Å²) in [6, 6.07) is 12.6. The van der Waals surface area contributed by atoms with Crippen LogP contribution < -0.4 is 10.6 Å². The molecule has 0 spiro atoms. The largest absolute Gasteiger partial charge is 0.343 e. The lowest BCUT2D eigenvalue weighted by atomic mass is 9.90. The van der Waals surface area contributed by atoms with Gasteiger partial charge in [0.2, 0.25) is 5.91 Å². The number of aryl methyl sites for hydroxylation is 2. The number of nitrogens with one attached hydrogen (secondary N) is 2. The minimum atomic E-state index is -0.274. The number of carbonyl (C=O) groups is 2. The summed E-state index contributed by atoms with van der Waals surface area (Å²) in [7, 11) is 0. The summed E-state index contributed by atoms with van der Waals surface area (Å²) in [4.78, 5) is 24.1. The first-order chi connectivity index (χ1) is 11.6. The maximum atomic E-state index is 12.2. The number of hydrogen-bond donors (Lipinski definition) is 2. The Labute approximate surface area is 146 Å². The topological polar surface area (TPSA) is 58.2 Å². The number of hydrogen-bond acceptors (Lipinski definition) is 2. The molecule has 3 rings (SSSR count). The number of rotatable bonds is 4. The molecule has 0 aliphatic heterocycles. The van der Waals surface area contributed by atoms with E-state index in [9.17, 15) is 9.59 Å². The van der Waals surface area contributed by atoms with Crippen molar-refractivity contribution in [2.24, 2.45) is 0 Å². The van der Waals surface area contributed by atoms with Crippen molar-refractivity contribution in [1.82, 2.24) is 5.32 Å². The Morgan fingerprint density at radius 3 is 2.42 bits per heavy atom. The third kappa shape index (κ3) is 4.15. The van der Waals surface area contributed by atoms with Crippen LogP contribution in [0.2, 0.25) is 5.02 Å². The third-order valence-electron chi connectivity index (χ3n) is 4.15. The zero-order valence-corrected chi connectivity index (χ0v) is 14.0. The van der Waals surface area contributed by atoms with Crippen molar-refractivity contribution in [1.29, 1.82) is 0 Å². The molecule has 1 aliphatic carbocycles. The van der Waals surface area contributed by atoms with Gasteiger partial charge in [-0.3, -0.25) is 9.59 Å². The van der Waals surface area contributed by atoms with E-state index < -0.39 is 0 Å². The van der Waals surface area contributed by atoms with Crippen molar-refractivity contribution in [3.63, 3.8) is 0 Å². The van der Waals surface area contributed by atoms with E-state index in [1.165, 1.54) is 24.0 Å². The van der Waals surface area contributed by atoms with E-state index in [1.807, 2.05) is 18.2 Å². The van der Waals surface area contributed by atoms with Crippen LogP contribution in [-0.2, 0) is 17.6 Å². The highest BCUT2D eigenvalue weighted by Crippen LogP contribution is 2.22. The number of anilines is 1. The Balaban J connectivity index is 1.55. The Morgan fingerprint density at radius 1 is 0.958 bits per heavy atom. The van der Waals surface area contributed by atoms with Gasteiger partial charge in [-0.25, -0.2) is 0 Å². The second kappa shape index (κ2) is 7.49. The molecule has 0 saturated heterocycles. The molecule has 0 atom stereocenters. The van der Waals surface area contributed by atoms with Crippen LogP contribution in [0, 0.1) is 0 Å². The summed E-state index contributed by atoms with van der Waals surface area (Å²) in [5, 5.41) is 5.98. The molecular weight excluding hydrogens is 324 g/mol. The average Bonchev–Trinajstić information content (AvgIpc) is 2.61. The first-order valence-electron chi connectivity index (χ1n) is 8.07. The lowest BCUT2D eigenvalue weighted by Gasteiger charge is -2.16. The highest BCUT2D eigenvalue weighted by atomic mass is 35.5. The van der Waals surface area contributed by atoms with Crippen molar-refractivity contribution in [2.45, 2.75) is 25.7 Å². The van der Waals surface area contributed by atoms with Crippen molar-refractivity contribution in [3.05, 3.63) is 64.2 Å². The maximum Gasteiger partial charge on any atom is 0.251 e. The summed E-state index contributed by atoms with van der Waals surface area (Å²) in [5.41, 5.74) is 3.83. The Kier molecular flexibility index (Phi) is 5.16. The van der Waals surface area contributed by atoms with E-state index >= 15 is 0 Å². The van der Waals surface area contributed by atoms with Crippen LogP contribution in [-0.4, -0.2) is 18.4 Å². The molecule has 0 heterocycles. The molecule has 1 aliphatic rings. The van der Waals surface area contributed by atoms with Crippen LogP contribution in [0.5, 0.6) is 0 Å². The Morgan fingerprint density at radius 2 is 1.67 bits per heavy atom. The van der Waals surface area contributed by atoms with E-state index in [4.69, 9.17) is 11.6 Å². The van der Waals surface area contributed by atoms with Crippen molar-refractivity contribution >= 4 is 29.1 Å². The minimum Gasteiger partial charge on any atom is -0.343 e. The summed E-state index contributed by atoms with van der Waals surface area (Å²) in [6.07, 6.45) is 4.49. The van der Waals surface area contributed by atoms with Crippen LogP contribution >= 0.6 is 11.6 Å². The molecule has 0 saturated carbocycles. The van der Waals surface area contributed by atoms with Gasteiger partial charge in [-0.1, -0.05) is 17.7 Å². The van der Waals surface area contributed by atoms with Crippen LogP contribution in [0.15, 0.2) is 42.5 Å². The van der Waals surface area contributed by atoms with Crippen molar-refractivity contribution in [2.75, 3.05) is 11.9 Å². The zero-order chi connectivity index (χ0) is 16.9. The number of halogens is 1. The zero-order valence-electron chi connectivity index (χ0n) is 13.3. The van der Waals surface area contributed by atoms with E-state index in [1.54, 1.807) is 24.3 Å². The highest BCUT2D eigenvalue weighted by Gasteiger charge is 2.13. The molecule has 2 amide bonds. The van der Waals surface area contributed by atoms with Crippen molar-refractivity contribution in [3.8, 4) is 0 Å². The fraction of sp³-hybridized carbons (Fsp3) is 0.263. The molecule has 0 aromatic heterocycles. The third-order valence-corrected chi connectivity index (χ3v) is 4.40. The molecule has 0 radical (unpaired) electrons. The SMILES string of the molecule is O=C(CNC(=O)c1ccc2c(c1)CCCC2)Nc1ccc(Cl)cc1. The molecule has 5 heteroatoms. The van der Waals surface area contributed by atoms with Gasteiger partial charge >= 0.3 is 0 Å². The summed E-state index contributed by atoms with van der Waals surface area (Å²) in [5.74, 6) is -0.502. The van der Waals surface area contributed by atoms with Gasteiger partial charge in [-0.2, -0.15) is 0 Å². The van der Waals surface area contributed by atoms with Crippen LogP contribution in [0.1, 0.15) is 34.3 Å². The van der Waals surface area contributed by atoms with Gasteiger partial charge in [-0.05, 0) is 73.2 Å². The van der Waals surface area contributed by atoms with E-state index in [0.29, 0.717) is 16.3 Å². The quantitative estimate of drug-likeness (QED) is 0.892. The van der Waals surface area contributed by atoms with Gasteiger partial charge in [0.05, 0.1) is 6.54 Å². The van der Waals surface area contributed by atoms with Gasteiger partial charge in [0.25, 0.3) is 5.91 Å². The highest BCUT2D eigenvalue weighted by molar-refractivity contribution is 6.30. The van der Waals surface area contributed by atoms with Crippen molar-refractivity contribution < 1.29 is 9.59 Å². The molecule has 24 heavy (non-hydrogen) atoms. The first-order valence-corrected chi connectivity index (χ1v) is 8.45. The van der Waals surface area contributed by atoms with Gasteiger partial charge in [-0.15, -0.1) is 0 Å². The number of fused-ring (bicyclic) bond motifs is 1. The van der Waals surface area contributed by atoms with Gasteiger partial charge in [0, 0.05) is 16.3 Å². The van der Waals surface area contributed by atoms with Crippen LogP contribution in [0.4, 0.5) is 5.69 Å². The Bertz CT molecular complexity index is 756. The minimum absolute atomic E-state index is 0.0709. The lowest BCUT2D eigenvalue weighted by Crippen LogP contribution is -2.33. The van der Waals surface area contributed by atoms with Gasteiger partial charge in [0.1, 0.15) is 0 Å². The molecular formula is C19H19ClN2O2. The maximum absolute atomic E-state index is 12.2. The average molecular weight is 343 g/mol. The van der Waals surface area contributed by atoms with E-state index in [-0.39, 0.29) is 18.4 Å². The standard InChI is InChI=1S/C19H19ClN2O2/c20-16-7-9-17(10-8-16)22-18(23)12-21-19(24)15-6-5-13-3-1-2-4-14(13)11-15/h5-11H,1-4,12H2,(H,21,24)(H,22,23). The molecule has 0 fully saturated rings. The number of benzene rings is 2. The Hall–Kier alpha value is -2.33. The molecule has 2 aromatic rings. The van der Waals surface area contributed by atoms with Crippen LogP contribution in [0.25, 0.3) is 0 Å². The molecule has 4 nitrogen and oxygen atoms in total. The predicted molar refractivity (Wildman–Crippen MR) is 95.5 cm³/mol.